The molecule has 2 rings (SSSR count). The van der Waals surface area contributed by atoms with Gasteiger partial charge in [0, 0.05) is 19.1 Å². The van der Waals surface area contributed by atoms with Crippen molar-refractivity contribution >= 4 is 5.95 Å². The second-order valence-electron chi connectivity index (χ2n) is 5.07. The number of likely N-dealkylation sites (tertiary alicyclic amines) is 1. The molecule has 1 aliphatic heterocycles. The van der Waals surface area contributed by atoms with Crippen molar-refractivity contribution in [2.45, 2.75) is 25.3 Å². The molecule has 1 aliphatic rings. The first kappa shape index (κ1) is 15.8. The van der Waals surface area contributed by atoms with E-state index in [0.717, 1.165) is 19.5 Å². The highest BCUT2D eigenvalue weighted by atomic mass is 16.5. The molecule has 0 saturated carbocycles. The fourth-order valence-electron chi connectivity index (χ4n) is 2.56. The fraction of sp³-hybridized carbons (Fsp3) is 0.714. The first-order valence-electron chi connectivity index (χ1n) is 7.32. The van der Waals surface area contributed by atoms with E-state index in [0.29, 0.717) is 24.3 Å². The van der Waals surface area contributed by atoms with Crippen molar-refractivity contribution in [3.8, 4) is 11.8 Å². The molecule has 1 saturated heterocycles. The summed E-state index contributed by atoms with van der Waals surface area (Å²) in [6, 6.07) is 1.92. The molecule has 0 aromatic carbocycles. The topological polar surface area (TPSA) is 79.7 Å². The van der Waals surface area contributed by atoms with Crippen molar-refractivity contribution in [1.82, 2.24) is 14.9 Å². The van der Waals surface area contributed by atoms with Crippen LogP contribution in [0.3, 0.4) is 0 Å². The van der Waals surface area contributed by atoms with Gasteiger partial charge in [-0.15, -0.1) is 0 Å². The van der Waals surface area contributed by atoms with Crippen LogP contribution in [-0.4, -0.2) is 66.5 Å². The van der Waals surface area contributed by atoms with Crippen LogP contribution in [0.1, 0.15) is 19.3 Å². The summed E-state index contributed by atoms with van der Waals surface area (Å²) < 4.78 is 10.2. The molecule has 21 heavy (non-hydrogen) atoms. The minimum absolute atomic E-state index is 0.226. The number of ether oxygens (including phenoxy) is 2. The van der Waals surface area contributed by atoms with E-state index < -0.39 is 0 Å². The molecular formula is C14H24N4O3. The Balaban J connectivity index is 1.87. The van der Waals surface area contributed by atoms with Gasteiger partial charge in [0.1, 0.15) is 0 Å². The number of aromatic nitrogens is 2. The minimum atomic E-state index is 0.226. The van der Waals surface area contributed by atoms with E-state index >= 15 is 0 Å². The summed E-state index contributed by atoms with van der Waals surface area (Å²) in [5, 5.41) is 12.6. The van der Waals surface area contributed by atoms with Gasteiger partial charge in [0.05, 0.1) is 26.9 Å². The number of methoxy groups -OCH3 is 2. The molecule has 0 aliphatic carbocycles. The lowest BCUT2D eigenvalue weighted by molar-refractivity contribution is 0.0939. The Morgan fingerprint density at radius 3 is 2.62 bits per heavy atom. The monoisotopic (exact) mass is 296 g/mol. The Hall–Kier alpha value is -1.60. The number of piperidine rings is 1. The summed E-state index contributed by atoms with van der Waals surface area (Å²) in [6.07, 6.45) is 3.46. The fourth-order valence-corrected chi connectivity index (χ4v) is 2.56. The summed E-state index contributed by atoms with van der Waals surface area (Å²) in [5.74, 6) is 1.43. The summed E-state index contributed by atoms with van der Waals surface area (Å²) in [7, 11) is 3.12. The Morgan fingerprint density at radius 2 is 2.00 bits per heavy atom. The first-order chi connectivity index (χ1) is 10.3. The number of hydrogen-bond donors (Lipinski definition) is 2. The van der Waals surface area contributed by atoms with Crippen molar-refractivity contribution in [1.29, 1.82) is 0 Å². The molecular weight excluding hydrogens is 272 g/mol. The van der Waals surface area contributed by atoms with Gasteiger partial charge in [-0.2, -0.15) is 9.97 Å². The van der Waals surface area contributed by atoms with Gasteiger partial charge < -0.3 is 19.9 Å². The Bertz CT molecular complexity index is 422. The van der Waals surface area contributed by atoms with Gasteiger partial charge in [-0.1, -0.05) is 6.42 Å². The predicted molar refractivity (Wildman–Crippen MR) is 79.9 cm³/mol. The van der Waals surface area contributed by atoms with Crippen LogP contribution < -0.4 is 14.8 Å². The van der Waals surface area contributed by atoms with Crippen LogP contribution in [0.25, 0.3) is 0 Å². The van der Waals surface area contributed by atoms with Crippen LogP contribution in [0.15, 0.2) is 6.07 Å². The molecule has 1 unspecified atom stereocenters. The van der Waals surface area contributed by atoms with E-state index in [1.807, 2.05) is 0 Å². The zero-order valence-electron chi connectivity index (χ0n) is 12.7. The zero-order valence-corrected chi connectivity index (χ0v) is 12.7. The van der Waals surface area contributed by atoms with Gasteiger partial charge in [0.25, 0.3) is 0 Å². The second-order valence-corrected chi connectivity index (χ2v) is 5.07. The van der Waals surface area contributed by atoms with Crippen LogP contribution >= 0.6 is 0 Å². The lowest BCUT2D eigenvalue weighted by Gasteiger charge is -2.34. The smallest absolute Gasteiger partial charge is 0.229 e. The quantitative estimate of drug-likeness (QED) is 0.768. The maximum absolute atomic E-state index is 9.39. The van der Waals surface area contributed by atoms with Gasteiger partial charge in [0.15, 0.2) is 0 Å². The molecule has 1 atom stereocenters. The number of rotatable bonds is 7. The lowest BCUT2D eigenvalue weighted by Crippen LogP contribution is -2.44. The number of nitrogens with zero attached hydrogens (tertiary/aromatic N) is 3. The Labute approximate surface area is 125 Å². The molecule has 2 N–H and O–H groups in total. The SMILES string of the molecule is COc1cc(OC)nc(NCCN2CCCCC2CO)n1. The van der Waals surface area contributed by atoms with Crippen molar-refractivity contribution < 1.29 is 14.6 Å². The van der Waals surface area contributed by atoms with Crippen molar-refractivity contribution in [2.75, 3.05) is 45.8 Å². The van der Waals surface area contributed by atoms with Crippen LogP contribution in [0.2, 0.25) is 0 Å². The molecule has 0 spiro atoms. The van der Waals surface area contributed by atoms with Crippen molar-refractivity contribution in [2.24, 2.45) is 0 Å². The second kappa shape index (κ2) is 7.99. The maximum atomic E-state index is 9.39. The zero-order chi connectivity index (χ0) is 15.1. The number of aliphatic hydroxyl groups excluding tert-OH is 1. The average Bonchev–Trinajstić information content (AvgIpc) is 2.54. The van der Waals surface area contributed by atoms with Crippen LogP contribution in [0.4, 0.5) is 5.95 Å². The lowest BCUT2D eigenvalue weighted by atomic mass is 10.0. The molecule has 0 radical (unpaired) electrons. The third-order valence-electron chi connectivity index (χ3n) is 3.74. The van der Waals surface area contributed by atoms with E-state index in [1.165, 1.54) is 12.8 Å². The molecule has 1 aromatic rings. The molecule has 1 aromatic heterocycles. The Morgan fingerprint density at radius 1 is 1.29 bits per heavy atom. The number of nitrogens with one attached hydrogen (secondary N) is 1. The summed E-state index contributed by atoms with van der Waals surface area (Å²) >= 11 is 0. The molecule has 7 nitrogen and oxygen atoms in total. The molecule has 7 heteroatoms. The summed E-state index contributed by atoms with van der Waals surface area (Å²) in [6.45, 7) is 2.83. The highest BCUT2D eigenvalue weighted by Gasteiger charge is 2.20. The minimum Gasteiger partial charge on any atom is -0.481 e. The van der Waals surface area contributed by atoms with Gasteiger partial charge in [-0.3, -0.25) is 4.90 Å². The normalized spacial score (nSPS) is 19.3. The van der Waals surface area contributed by atoms with Crippen molar-refractivity contribution in [3.05, 3.63) is 6.07 Å². The summed E-state index contributed by atoms with van der Waals surface area (Å²) in [4.78, 5) is 10.8. The van der Waals surface area contributed by atoms with Gasteiger partial charge in [-0.05, 0) is 19.4 Å². The summed E-state index contributed by atoms with van der Waals surface area (Å²) in [5.41, 5.74) is 0. The molecule has 0 bridgehead atoms. The third-order valence-corrected chi connectivity index (χ3v) is 3.74. The largest absolute Gasteiger partial charge is 0.481 e. The predicted octanol–water partition coefficient (Wildman–Crippen LogP) is 0.752. The maximum Gasteiger partial charge on any atom is 0.229 e. The Kier molecular flexibility index (Phi) is 6.01. The van der Waals surface area contributed by atoms with E-state index in [1.54, 1.807) is 20.3 Å². The van der Waals surface area contributed by atoms with E-state index in [-0.39, 0.29) is 12.6 Å². The molecule has 1 fully saturated rings. The number of aliphatic hydroxyl groups is 1. The van der Waals surface area contributed by atoms with Gasteiger partial charge in [0.2, 0.25) is 17.7 Å². The van der Waals surface area contributed by atoms with Crippen LogP contribution in [0, 0.1) is 0 Å². The van der Waals surface area contributed by atoms with E-state index in [4.69, 9.17) is 9.47 Å². The molecule has 118 valence electrons. The standard InChI is InChI=1S/C14H24N4O3/c1-20-12-9-13(21-2)17-14(16-12)15-6-8-18-7-4-3-5-11(18)10-19/h9,11,19H,3-8,10H2,1-2H3,(H,15,16,17). The first-order valence-corrected chi connectivity index (χ1v) is 7.32. The molecule has 0 amide bonds. The van der Waals surface area contributed by atoms with E-state index in [2.05, 4.69) is 20.2 Å². The number of hydrogen-bond acceptors (Lipinski definition) is 7. The highest BCUT2D eigenvalue weighted by molar-refractivity contribution is 5.33. The van der Waals surface area contributed by atoms with Crippen LogP contribution in [0.5, 0.6) is 11.8 Å². The van der Waals surface area contributed by atoms with E-state index in [9.17, 15) is 5.11 Å². The van der Waals surface area contributed by atoms with Gasteiger partial charge >= 0.3 is 0 Å². The highest BCUT2D eigenvalue weighted by Crippen LogP contribution is 2.18. The average molecular weight is 296 g/mol. The molecule has 2 heterocycles. The van der Waals surface area contributed by atoms with Gasteiger partial charge in [-0.25, -0.2) is 0 Å². The number of anilines is 1. The third kappa shape index (κ3) is 4.44. The van der Waals surface area contributed by atoms with Crippen LogP contribution in [-0.2, 0) is 0 Å². The van der Waals surface area contributed by atoms with Crippen molar-refractivity contribution in [3.63, 3.8) is 0 Å².